The molecule has 0 spiro atoms. The third-order valence-corrected chi connectivity index (χ3v) is 2.77. The predicted molar refractivity (Wildman–Crippen MR) is 58.8 cm³/mol. The Labute approximate surface area is 97.4 Å². The first-order chi connectivity index (χ1) is 8.05. The van der Waals surface area contributed by atoms with Gasteiger partial charge in [0.05, 0.1) is 11.9 Å². The normalized spacial score (nSPS) is 20.5. The molecule has 6 heteroatoms. The van der Waals surface area contributed by atoms with Crippen LogP contribution < -0.4 is 10.6 Å². The van der Waals surface area contributed by atoms with Gasteiger partial charge in [-0.2, -0.15) is 13.2 Å². The summed E-state index contributed by atoms with van der Waals surface area (Å²) in [6, 6.07) is 2.80. The van der Waals surface area contributed by atoms with Crippen LogP contribution in [0.4, 0.5) is 18.9 Å². The largest absolute Gasteiger partial charge is 0.433 e. The van der Waals surface area contributed by atoms with Crippen molar-refractivity contribution in [3.63, 3.8) is 0 Å². The number of nitrogens with zero attached hydrogens (tertiary/aromatic N) is 1. The van der Waals surface area contributed by atoms with Gasteiger partial charge in [0.2, 0.25) is 0 Å². The molecule has 2 heterocycles. The van der Waals surface area contributed by atoms with Crippen molar-refractivity contribution in [2.24, 2.45) is 0 Å². The third kappa shape index (κ3) is 3.33. The van der Waals surface area contributed by atoms with Gasteiger partial charge in [0, 0.05) is 12.6 Å². The molecule has 0 bridgehead atoms. The Morgan fingerprint density at radius 1 is 1.41 bits per heavy atom. The molecule has 2 N–H and O–H groups in total. The van der Waals surface area contributed by atoms with Crippen molar-refractivity contribution in [1.82, 2.24) is 10.3 Å². The van der Waals surface area contributed by atoms with Gasteiger partial charge < -0.3 is 10.6 Å². The molecule has 1 atom stereocenters. The summed E-state index contributed by atoms with van der Waals surface area (Å²) in [6.07, 6.45) is -0.901. The Morgan fingerprint density at radius 2 is 2.24 bits per heavy atom. The maximum absolute atomic E-state index is 12.3. The van der Waals surface area contributed by atoms with E-state index in [2.05, 4.69) is 15.6 Å². The number of anilines is 1. The highest BCUT2D eigenvalue weighted by Gasteiger charge is 2.32. The molecule has 1 saturated heterocycles. The SMILES string of the molecule is FC(F)(F)c1ccc(NCC2CCCN2)cn1. The lowest BCUT2D eigenvalue weighted by molar-refractivity contribution is -0.141. The fraction of sp³-hybridized carbons (Fsp3) is 0.545. The smallest absolute Gasteiger partial charge is 0.382 e. The van der Waals surface area contributed by atoms with E-state index in [0.29, 0.717) is 18.3 Å². The number of hydrogen-bond acceptors (Lipinski definition) is 3. The molecule has 0 radical (unpaired) electrons. The molecule has 0 amide bonds. The van der Waals surface area contributed by atoms with Gasteiger partial charge in [-0.05, 0) is 31.5 Å². The van der Waals surface area contributed by atoms with Crippen LogP contribution in [0.5, 0.6) is 0 Å². The minimum Gasteiger partial charge on any atom is -0.382 e. The van der Waals surface area contributed by atoms with Gasteiger partial charge in [0.25, 0.3) is 0 Å². The third-order valence-electron chi connectivity index (χ3n) is 2.77. The molecule has 1 aromatic heterocycles. The van der Waals surface area contributed by atoms with Crippen LogP contribution in [0, 0.1) is 0 Å². The van der Waals surface area contributed by atoms with Crippen LogP contribution >= 0.6 is 0 Å². The number of rotatable bonds is 3. The lowest BCUT2D eigenvalue weighted by Gasteiger charge is -2.13. The van der Waals surface area contributed by atoms with E-state index < -0.39 is 11.9 Å². The number of hydrogen-bond donors (Lipinski definition) is 2. The van der Waals surface area contributed by atoms with Crippen LogP contribution in [0.15, 0.2) is 18.3 Å². The van der Waals surface area contributed by atoms with Gasteiger partial charge >= 0.3 is 6.18 Å². The maximum Gasteiger partial charge on any atom is 0.433 e. The molecule has 2 rings (SSSR count). The van der Waals surface area contributed by atoms with Crippen molar-refractivity contribution >= 4 is 5.69 Å². The van der Waals surface area contributed by atoms with Crippen LogP contribution in [0.2, 0.25) is 0 Å². The number of aromatic nitrogens is 1. The average molecular weight is 245 g/mol. The first kappa shape index (κ1) is 12.2. The maximum atomic E-state index is 12.3. The molecule has 3 nitrogen and oxygen atoms in total. The van der Waals surface area contributed by atoms with Gasteiger partial charge in [-0.25, -0.2) is 4.98 Å². The lowest BCUT2D eigenvalue weighted by atomic mass is 10.2. The fourth-order valence-corrected chi connectivity index (χ4v) is 1.84. The zero-order chi connectivity index (χ0) is 12.3. The highest BCUT2D eigenvalue weighted by molar-refractivity contribution is 5.41. The minimum absolute atomic E-state index is 0.400. The predicted octanol–water partition coefficient (Wildman–Crippen LogP) is 2.26. The molecule has 1 aromatic rings. The fourth-order valence-electron chi connectivity index (χ4n) is 1.84. The van der Waals surface area contributed by atoms with Crippen molar-refractivity contribution in [3.8, 4) is 0 Å². The quantitative estimate of drug-likeness (QED) is 0.857. The van der Waals surface area contributed by atoms with E-state index in [1.807, 2.05) is 0 Å². The Bertz CT molecular complexity index is 355. The molecule has 1 unspecified atom stereocenters. The molecule has 0 saturated carbocycles. The molecular weight excluding hydrogens is 231 g/mol. The molecule has 1 fully saturated rings. The second kappa shape index (κ2) is 4.91. The van der Waals surface area contributed by atoms with Crippen molar-refractivity contribution in [3.05, 3.63) is 24.0 Å². The average Bonchev–Trinajstić information content (AvgIpc) is 2.78. The van der Waals surface area contributed by atoms with E-state index in [9.17, 15) is 13.2 Å². The van der Waals surface area contributed by atoms with E-state index in [1.54, 1.807) is 0 Å². The first-order valence-corrected chi connectivity index (χ1v) is 5.56. The lowest BCUT2D eigenvalue weighted by Crippen LogP contribution is -2.29. The van der Waals surface area contributed by atoms with E-state index >= 15 is 0 Å². The molecule has 17 heavy (non-hydrogen) atoms. The highest BCUT2D eigenvalue weighted by Crippen LogP contribution is 2.27. The Balaban J connectivity index is 1.89. The van der Waals surface area contributed by atoms with Gasteiger partial charge in [-0.1, -0.05) is 0 Å². The summed E-state index contributed by atoms with van der Waals surface area (Å²) in [5, 5.41) is 6.37. The number of halogens is 3. The number of nitrogens with one attached hydrogen (secondary N) is 2. The van der Waals surface area contributed by atoms with Crippen molar-refractivity contribution in [1.29, 1.82) is 0 Å². The van der Waals surface area contributed by atoms with Crippen molar-refractivity contribution in [2.45, 2.75) is 25.1 Å². The zero-order valence-electron chi connectivity index (χ0n) is 9.22. The number of pyridine rings is 1. The molecule has 0 aliphatic carbocycles. The van der Waals surface area contributed by atoms with Crippen LogP contribution in [-0.4, -0.2) is 24.1 Å². The summed E-state index contributed by atoms with van der Waals surface area (Å²) in [5.74, 6) is 0. The summed E-state index contributed by atoms with van der Waals surface area (Å²) >= 11 is 0. The number of alkyl halides is 3. The first-order valence-electron chi connectivity index (χ1n) is 5.56. The molecule has 0 aromatic carbocycles. The second-order valence-electron chi connectivity index (χ2n) is 4.10. The summed E-state index contributed by atoms with van der Waals surface area (Å²) in [7, 11) is 0. The summed E-state index contributed by atoms with van der Waals surface area (Å²) in [5.41, 5.74) is -0.242. The Morgan fingerprint density at radius 3 is 2.76 bits per heavy atom. The Kier molecular flexibility index (Phi) is 3.51. The monoisotopic (exact) mass is 245 g/mol. The van der Waals surface area contributed by atoms with Crippen molar-refractivity contribution < 1.29 is 13.2 Å². The van der Waals surface area contributed by atoms with E-state index in [1.165, 1.54) is 12.3 Å². The van der Waals surface area contributed by atoms with Crippen LogP contribution in [-0.2, 0) is 6.18 Å². The standard InChI is InChI=1S/C11H14F3N3/c12-11(13,14)10-4-3-9(7-17-10)16-6-8-2-1-5-15-8/h3-4,7-8,15-16H,1-2,5-6H2. The van der Waals surface area contributed by atoms with E-state index in [4.69, 9.17) is 0 Å². The van der Waals surface area contributed by atoms with Gasteiger partial charge in [-0.3, -0.25) is 0 Å². The van der Waals surface area contributed by atoms with Crippen LogP contribution in [0.3, 0.4) is 0 Å². The van der Waals surface area contributed by atoms with Gasteiger partial charge in [-0.15, -0.1) is 0 Å². The highest BCUT2D eigenvalue weighted by atomic mass is 19.4. The molecule has 1 aliphatic heterocycles. The molecule has 1 aliphatic rings. The zero-order valence-corrected chi connectivity index (χ0v) is 9.22. The summed E-state index contributed by atoms with van der Waals surface area (Å²) in [6.45, 7) is 1.73. The van der Waals surface area contributed by atoms with E-state index in [0.717, 1.165) is 25.5 Å². The molecule has 94 valence electrons. The minimum atomic E-state index is -4.37. The second-order valence-corrected chi connectivity index (χ2v) is 4.10. The summed E-state index contributed by atoms with van der Waals surface area (Å²) < 4.78 is 36.8. The van der Waals surface area contributed by atoms with Crippen LogP contribution in [0.1, 0.15) is 18.5 Å². The van der Waals surface area contributed by atoms with Gasteiger partial charge in [0.15, 0.2) is 0 Å². The summed E-state index contributed by atoms with van der Waals surface area (Å²) in [4.78, 5) is 3.39. The van der Waals surface area contributed by atoms with Gasteiger partial charge in [0.1, 0.15) is 5.69 Å². The van der Waals surface area contributed by atoms with Crippen LogP contribution in [0.25, 0.3) is 0 Å². The van der Waals surface area contributed by atoms with Crippen molar-refractivity contribution in [2.75, 3.05) is 18.4 Å². The van der Waals surface area contributed by atoms with E-state index in [-0.39, 0.29) is 0 Å². The molecular formula is C11H14F3N3. The Hall–Kier alpha value is -1.30. The topological polar surface area (TPSA) is 37.0 Å².